The van der Waals surface area contributed by atoms with Gasteiger partial charge in [0.2, 0.25) is 5.91 Å². The van der Waals surface area contributed by atoms with E-state index in [-0.39, 0.29) is 23.8 Å². The number of nitrogens with zero attached hydrogens (tertiary/aromatic N) is 1. The largest absolute Gasteiger partial charge is 0.347 e. The van der Waals surface area contributed by atoms with Crippen molar-refractivity contribution in [3.8, 4) is 0 Å². The third kappa shape index (κ3) is 3.43. The zero-order chi connectivity index (χ0) is 16.4. The number of hydrogen-bond donors (Lipinski definition) is 1. The van der Waals surface area contributed by atoms with E-state index in [1.807, 2.05) is 19.1 Å². The summed E-state index contributed by atoms with van der Waals surface area (Å²) < 4.78 is 0. The van der Waals surface area contributed by atoms with E-state index in [2.05, 4.69) is 19.2 Å². The summed E-state index contributed by atoms with van der Waals surface area (Å²) in [5.74, 6) is 0.532. The van der Waals surface area contributed by atoms with E-state index in [1.54, 1.807) is 17.9 Å². The standard InChI is InChI=1S/C17H23ClN2O2/c1-10(2)14-8-20(12(4)21)9-15(14)19-17(22)13-7-5-6-11(3)16(13)18/h5-7,10,14-15H,8-9H2,1-4H3,(H,19,22)/t14-,15+/m0/s1. The van der Waals surface area contributed by atoms with E-state index in [0.29, 0.717) is 29.6 Å². The van der Waals surface area contributed by atoms with Crippen molar-refractivity contribution in [3.63, 3.8) is 0 Å². The van der Waals surface area contributed by atoms with Crippen molar-refractivity contribution >= 4 is 23.4 Å². The van der Waals surface area contributed by atoms with Crippen LogP contribution < -0.4 is 5.32 Å². The first-order valence-corrected chi connectivity index (χ1v) is 8.00. The Labute approximate surface area is 136 Å². The van der Waals surface area contributed by atoms with Crippen LogP contribution in [0.4, 0.5) is 0 Å². The summed E-state index contributed by atoms with van der Waals surface area (Å²) in [6, 6.07) is 5.40. The molecule has 0 unspecified atom stereocenters. The fourth-order valence-corrected chi connectivity index (χ4v) is 3.20. The van der Waals surface area contributed by atoms with Crippen LogP contribution in [0.1, 0.15) is 36.7 Å². The molecule has 0 saturated carbocycles. The molecule has 1 aliphatic rings. The Hall–Kier alpha value is -1.55. The lowest BCUT2D eigenvalue weighted by molar-refractivity contribution is -0.128. The van der Waals surface area contributed by atoms with Gasteiger partial charge in [0, 0.05) is 25.9 Å². The molecule has 2 rings (SSSR count). The molecule has 0 aromatic heterocycles. The molecule has 22 heavy (non-hydrogen) atoms. The monoisotopic (exact) mass is 322 g/mol. The van der Waals surface area contributed by atoms with Crippen molar-refractivity contribution in [2.45, 2.75) is 33.7 Å². The zero-order valence-electron chi connectivity index (χ0n) is 13.5. The molecule has 0 bridgehead atoms. The van der Waals surface area contributed by atoms with Gasteiger partial charge in [-0.05, 0) is 24.5 Å². The van der Waals surface area contributed by atoms with Crippen molar-refractivity contribution in [2.75, 3.05) is 13.1 Å². The zero-order valence-corrected chi connectivity index (χ0v) is 14.3. The lowest BCUT2D eigenvalue weighted by atomic mass is 9.91. The molecule has 2 atom stereocenters. The Morgan fingerprint density at radius 3 is 2.59 bits per heavy atom. The van der Waals surface area contributed by atoms with Gasteiger partial charge in [0.25, 0.3) is 5.91 Å². The Balaban J connectivity index is 2.16. The predicted octanol–water partition coefficient (Wildman–Crippen LogP) is 2.88. The molecule has 1 heterocycles. The van der Waals surface area contributed by atoms with E-state index in [1.165, 1.54) is 0 Å². The summed E-state index contributed by atoms with van der Waals surface area (Å²) >= 11 is 6.23. The van der Waals surface area contributed by atoms with Crippen LogP contribution in [0.2, 0.25) is 5.02 Å². The number of carbonyl (C=O) groups is 2. The van der Waals surface area contributed by atoms with Crippen LogP contribution in [0.25, 0.3) is 0 Å². The molecule has 1 N–H and O–H groups in total. The van der Waals surface area contributed by atoms with Gasteiger partial charge in [-0.1, -0.05) is 37.6 Å². The van der Waals surface area contributed by atoms with Crippen LogP contribution in [0.5, 0.6) is 0 Å². The van der Waals surface area contributed by atoms with Crippen LogP contribution >= 0.6 is 11.6 Å². The quantitative estimate of drug-likeness (QED) is 0.930. The maximum Gasteiger partial charge on any atom is 0.253 e. The fourth-order valence-electron chi connectivity index (χ4n) is 2.98. The Kier molecular flexibility index (Phi) is 5.12. The second-order valence-electron chi connectivity index (χ2n) is 6.35. The van der Waals surface area contributed by atoms with Gasteiger partial charge in [0.1, 0.15) is 0 Å². The smallest absolute Gasteiger partial charge is 0.253 e. The third-order valence-corrected chi connectivity index (χ3v) is 4.92. The van der Waals surface area contributed by atoms with Crippen LogP contribution in [-0.4, -0.2) is 35.8 Å². The Morgan fingerprint density at radius 1 is 1.32 bits per heavy atom. The van der Waals surface area contributed by atoms with Gasteiger partial charge in [-0.25, -0.2) is 0 Å². The molecular formula is C17H23ClN2O2. The van der Waals surface area contributed by atoms with Crippen molar-refractivity contribution < 1.29 is 9.59 Å². The molecule has 1 aromatic rings. The first-order chi connectivity index (χ1) is 10.3. The van der Waals surface area contributed by atoms with Crippen LogP contribution in [0.3, 0.4) is 0 Å². The molecule has 1 aromatic carbocycles. The lowest BCUT2D eigenvalue weighted by Crippen LogP contribution is -2.42. The van der Waals surface area contributed by atoms with Gasteiger partial charge in [-0.2, -0.15) is 0 Å². The minimum absolute atomic E-state index is 0.0343. The second kappa shape index (κ2) is 6.69. The van der Waals surface area contributed by atoms with Crippen molar-refractivity contribution in [3.05, 3.63) is 34.3 Å². The number of nitrogens with one attached hydrogen (secondary N) is 1. The molecule has 120 valence electrons. The van der Waals surface area contributed by atoms with E-state index >= 15 is 0 Å². The summed E-state index contributed by atoms with van der Waals surface area (Å²) in [5, 5.41) is 3.55. The summed E-state index contributed by atoms with van der Waals surface area (Å²) in [6.45, 7) is 8.94. The number of halogens is 1. The topological polar surface area (TPSA) is 49.4 Å². The van der Waals surface area contributed by atoms with Crippen molar-refractivity contribution in [1.82, 2.24) is 10.2 Å². The number of benzene rings is 1. The number of rotatable bonds is 3. The average molecular weight is 323 g/mol. The first kappa shape index (κ1) is 16.8. The van der Waals surface area contributed by atoms with Gasteiger partial charge in [0.05, 0.1) is 16.6 Å². The van der Waals surface area contributed by atoms with Gasteiger partial charge in [-0.3, -0.25) is 9.59 Å². The van der Waals surface area contributed by atoms with E-state index in [0.717, 1.165) is 5.56 Å². The summed E-state index contributed by atoms with van der Waals surface area (Å²) in [4.78, 5) is 25.9. The Morgan fingerprint density at radius 2 is 2.00 bits per heavy atom. The molecule has 0 radical (unpaired) electrons. The highest BCUT2D eigenvalue weighted by molar-refractivity contribution is 6.34. The molecule has 5 heteroatoms. The van der Waals surface area contributed by atoms with Gasteiger partial charge < -0.3 is 10.2 Å². The summed E-state index contributed by atoms with van der Waals surface area (Å²) in [6.07, 6.45) is 0. The first-order valence-electron chi connectivity index (χ1n) is 7.62. The van der Waals surface area contributed by atoms with Crippen LogP contribution in [-0.2, 0) is 4.79 Å². The fraction of sp³-hybridized carbons (Fsp3) is 0.529. The van der Waals surface area contributed by atoms with E-state index in [9.17, 15) is 9.59 Å². The maximum atomic E-state index is 12.5. The molecule has 2 amide bonds. The number of amides is 2. The average Bonchev–Trinajstić information content (AvgIpc) is 2.86. The number of hydrogen-bond acceptors (Lipinski definition) is 2. The number of carbonyl (C=O) groups excluding carboxylic acids is 2. The number of likely N-dealkylation sites (tertiary alicyclic amines) is 1. The van der Waals surface area contributed by atoms with Gasteiger partial charge in [-0.15, -0.1) is 0 Å². The minimum Gasteiger partial charge on any atom is -0.347 e. The summed E-state index contributed by atoms with van der Waals surface area (Å²) in [5.41, 5.74) is 1.37. The second-order valence-corrected chi connectivity index (χ2v) is 6.73. The predicted molar refractivity (Wildman–Crippen MR) is 88.0 cm³/mol. The van der Waals surface area contributed by atoms with E-state index in [4.69, 9.17) is 11.6 Å². The molecule has 1 fully saturated rings. The Bertz CT molecular complexity index is 586. The molecule has 0 aliphatic carbocycles. The minimum atomic E-state index is -0.172. The highest BCUT2D eigenvalue weighted by Crippen LogP contribution is 2.26. The molecule has 4 nitrogen and oxygen atoms in total. The van der Waals surface area contributed by atoms with Crippen molar-refractivity contribution in [2.24, 2.45) is 11.8 Å². The van der Waals surface area contributed by atoms with Crippen LogP contribution in [0.15, 0.2) is 18.2 Å². The highest BCUT2D eigenvalue weighted by atomic mass is 35.5. The number of aryl methyl sites for hydroxylation is 1. The molecule has 1 aliphatic heterocycles. The lowest BCUT2D eigenvalue weighted by Gasteiger charge is -2.23. The molecular weight excluding hydrogens is 300 g/mol. The van der Waals surface area contributed by atoms with Crippen LogP contribution in [0, 0.1) is 18.8 Å². The normalized spacial score (nSPS) is 21.3. The SMILES string of the molecule is CC(=O)N1C[C@@H](NC(=O)c2cccc(C)c2Cl)[C@H](C(C)C)C1. The van der Waals surface area contributed by atoms with Gasteiger partial charge in [0.15, 0.2) is 0 Å². The molecule has 1 saturated heterocycles. The summed E-state index contributed by atoms with van der Waals surface area (Å²) in [7, 11) is 0. The van der Waals surface area contributed by atoms with Crippen molar-refractivity contribution in [1.29, 1.82) is 0 Å². The van der Waals surface area contributed by atoms with E-state index < -0.39 is 0 Å². The third-order valence-electron chi connectivity index (χ3n) is 4.42. The molecule has 0 spiro atoms. The highest BCUT2D eigenvalue weighted by Gasteiger charge is 2.36. The van der Waals surface area contributed by atoms with Gasteiger partial charge >= 0.3 is 0 Å². The maximum absolute atomic E-state index is 12.5.